The third-order valence-electron chi connectivity index (χ3n) is 2.72. The third-order valence-corrected chi connectivity index (χ3v) is 2.72. The smallest absolute Gasteiger partial charge is 0.223 e. The van der Waals surface area contributed by atoms with Gasteiger partial charge in [-0.1, -0.05) is 18.2 Å². The van der Waals surface area contributed by atoms with Gasteiger partial charge in [0.25, 0.3) is 0 Å². The summed E-state index contributed by atoms with van der Waals surface area (Å²) in [7, 11) is 0. The fraction of sp³-hybridized carbons (Fsp3) is 0.200. The highest BCUT2D eigenvalue weighted by Crippen LogP contribution is 2.20. The Bertz CT molecular complexity index is 582. The van der Waals surface area contributed by atoms with Gasteiger partial charge in [-0.25, -0.2) is 4.98 Å². The molecule has 20 heavy (non-hydrogen) atoms. The lowest BCUT2D eigenvalue weighted by Gasteiger charge is -2.07. The number of amides is 1. The molecule has 1 aromatic carbocycles. The SMILES string of the molecule is NCCc1ccc(Oc2cccc(CC(N)=O)n2)cc1. The molecule has 0 saturated carbocycles. The number of carbonyl (C=O) groups is 1. The maximum Gasteiger partial charge on any atom is 0.223 e. The van der Waals surface area contributed by atoms with Crippen LogP contribution in [0.3, 0.4) is 0 Å². The highest BCUT2D eigenvalue weighted by molar-refractivity contribution is 5.76. The van der Waals surface area contributed by atoms with Crippen molar-refractivity contribution in [2.75, 3.05) is 6.54 Å². The average molecular weight is 271 g/mol. The monoisotopic (exact) mass is 271 g/mol. The van der Waals surface area contributed by atoms with E-state index in [0.29, 0.717) is 23.9 Å². The maximum absolute atomic E-state index is 10.9. The molecule has 0 fully saturated rings. The number of hydrogen-bond acceptors (Lipinski definition) is 4. The molecule has 104 valence electrons. The van der Waals surface area contributed by atoms with Gasteiger partial charge in [0.05, 0.1) is 12.1 Å². The van der Waals surface area contributed by atoms with Gasteiger partial charge in [0.1, 0.15) is 5.75 Å². The predicted octanol–water partition coefficient (Wildman–Crippen LogP) is 1.40. The van der Waals surface area contributed by atoms with Crippen molar-refractivity contribution in [2.45, 2.75) is 12.8 Å². The van der Waals surface area contributed by atoms with Crippen molar-refractivity contribution in [3.8, 4) is 11.6 Å². The quantitative estimate of drug-likeness (QED) is 0.830. The lowest BCUT2D eigenvalue weighted by molar-refractivity contribution is -0.117. The number of rotatable bonds is 6. The van der Waals surface area contributed by atoms with Crippen LogP contribution in [-0.2, 0) is 17.6 Å². The first-order valence-corrected chi connectivity index (χ1v) is 6.38. The van der Waals surface area contributed by atoms with E-state index in [2.05, 4.69) is 4.98 Å². The van der Waals surface area contributed by atoms with E-state index in [4.69, 9.17) is 16.2 Å². The second-order valence-electron chi connectivity index (χ2n) is 4.39. The summed E-state index contributed by atoms with van der Waals surface area (Å²) >= 11 is 0. The number of ether oxygens (including phenoxy) is 1. The zero-order valence-corrected chi connectivity index (χ0v) is 11.1. The number of carbonyl (C=O) groups excluding carboxylic acids is 1. The highest BCUT2D eigenvalue weighted by atomic mass is 16.5. The molecular formula is C15H17N3O2. The van der Waals surface area contributed by atoms with Crippen LogP contribution in [0.4, 0.5) is 0 Å². The van der Waals surface area contributed by atoms with Crippen LogP contribution in [0.5, 0.6) is 11.6 Å². The van der Waals surface area contributed by atoms with Gasteiger partial charge in [-0.15, -0.1) is 0 Å². The molecule has 2 aromatic rings. The van der Waals surface area contributed by atoms with E-state index in [9.17, 15) is 4.79 Å². The predicted molar refractivity (Wildman–Crippen MR) is 76.4 cm³/mol. The van der Waals surface area contributed by atoms with E-state index in [0.717, 1.165) is 12.0 Å². The molecular weight excluding hydrogens is 254 g/mol. The zero-order valence-electron chi connectivity index (χ0n) is 11.1. The fourth-order valence-electron chi connectivity index (χ4n) is 1.80. The molecule has 0 aliphatic rings. The van der Waals surface area contributed by atoms with Crippen molar-refractivity contribution in [1.82, 2.24) is 4.98 Å². The van der Waals surface area contributed by atoms with Gasteiger partial charge in [-0.3, -0.25) is 4.79 Å². The van der Waals surface area contributed by atoms with Crippen molar-refractivity contribution in [3.63, 3.8) is 0 Å². The lowest BCUT2D eigenvalue weighted by Crippen LogP contribution is -2.14. The molecule has 4 N–H and O–H groups in total. The second kappa shape index (κ2) is 6.68. The Morgan fingerprint density at radius 3 is 2.55 bits per heavy atom. The van der Waals surface area contributed by atoms with Gasteiger partial charge >= 0.3 is 0 Å². The molecule has 0 aliphatic heterocycles. The molecule has 0 spiro atoms. The topological polar surface area (TPSA) is 91.2 Å². The molecule has 0 bridgehead atoms. The zero-order chi connectivity index (χ0) is 14.4. The summed E-state index contributed by atoms with van der Waals surface area (Å²) in [4.78, 5) is 15.1. The van der Waals surface area contributed by atoms with Crippen LogP contribution in [0.1, 0.15) is 11.3 Å². The van der Waals surface area contributed by atoms with Crippen molar-refractivity contribution < 1.29 is 9.53 Å². The van der Waals surface area contributed by atoms with Crippen LogP contribution in [0.15, 0.2) is 42.5 Å². The first kappa shape index (κ1) is 14.0. The summed E-state index contributed by atoms with van der Waals surface area (Å²) in [5.41, 5.74) is 12.4. The van der Waals surface area contributed by atoms with E-state index in [-0.39, 0.29) is 6.42 Å². The first-order valence-electron chi connectivity index (χ1n) is 6.38. The summed E-state index contributed by atoms with van der Waals surface area (Å²) in [5.74, 6) is 0.714. The van der Waals surface area contributed by atoms with Gasteiger partial charge in [0.2, 0.25) is 11.8 Å². The molecule has 0 saturated heterocycles. The number of nitrogens with zero attached hydrogens (tertiary/aromatic N) is 1. The van der Waals surface area contributed by atoms with E-state index >= 15 is 0 Å². The van der Waals surface area contributed by atoms with Crippen LogP contribution in [0.2, 0.25) is 0 Å². The molecule has 1 amide bonds. The number of benzene rings is 1. The standard InChI is InChI=1S/C15H17N3O2/c16-9-8-11-4-6-13(7-5-11)20-15-3-1-2-12(18-15)10-14(17)19/h1-7H,8-10,16H2,(H2,17,19). The normalized spacial score (nSPS) is 10.2. The van der Waals surface area contributed by atoms with E-state index < -0.39 is 5.91 Å². The number of hydrogen-bond donors (Lipinski definition) is 2. The van der Waals surface area contributed by atoms with Gasteiger partial charge in [0, 0.05) is 6.07 Å². The molecule has 5 heteroatoms. The lowest BCUT2D eigenvalue weighted by atomic mass is 10.1. The first-order chi connectivity index (χ1) is 9.67. The van der Waals surface area contributed by atoms with Gasteiger partial charge < -0.3 is 16.2 Å². The summed E-state index contributed by atoms with van der Waals surface area (Å²) in [6.07, 6.45) is 0.944. The Kier molecular flexibility index (Phi) is 4.68. The summed E-state index contributed by atoms with van der Waals surface area (Å²) in [6, 6.07) is 12.9. The highest BCUT2D eigenvalue weighted by Gasteiger charge is 2.03. The van der Waals surface area contributed by atoms with Crippen LogP contribution in [0.25, 0.3) is 0 Å². The summed E-state index contributed by atoms with van der Waals surface area (Å²) < 4.78 is 5.64. The minimum absolute atomic E-state index is 0.104. The maximum atomic E-state index is 10.9. The fourth-order valence-corrected chi connectivity index (χ4v) is 1.80. The average Bonchev–Trinajstić information content (AvgIpc) is 2.41. The Morgan fingerprint density at radius 1 is 1.15 bits per heavy atom. The van der Waals surface area contributed by atoms with Gasteiger partial charge in [-0.2, -0.15) is 0 Å². The summed E-state index contributed by atoms with van der Waals surface area (Å²) in [5, 5.41) is 0. The largest absolute Gasteiger partial charge is 0.439 e. The van der Waals surface area contributed by atoms with E-state index in [1.807, 2.05) is 24.3 Å². The van der Waals surface area contributed by atoms with Gasteiger partial charge in [0.15, 0.2) is 0 Å². The van der Waals surface area contributed by atoms with Crippen LogP contribution >= 0.6 is 0 Å². The number of nitrogens with two attached hydrogens (primary N) is 2. The third kappa shape index (κ3) is 4.07. The van der Waals surface area contributed by atoms with Crippen LogP contribution in [-0.4, -0.2) is 17.4 Å². The molecule has 2 rings (SSSR count). The van der Waals surface area contributed by atoms with Gasteiger partial charge in [-0.05, 0) is 36.7 Å². The Labute approximate surface area is 117 Å². The van der Waals surface area contributed by atoms with Crippen molar-refractivity contribution in [1.29, 1.82) is 0 Å². The van der Waals surface area contributed by atoms with Crippen LogP contribution in [0, 0.1) is 0 Å². The molecule has 0 radical (unpaired) electrons. The van der Waals surface area contributed by atoms with Crippen molar-refractivity contribution in [3.05, 3.63) is 53.7 Å². The Hall–Kier alpha value is -2.40. The van der Waals surface area contributed by atoms with E-state index in [1.54, 1.807) is 18.2 Å². The molecule has 1 aromatic heterocycles. The number of primary amides is 1. The minimum Gasteiger partial charge on any atom is -0.439 e. The van der Waals surface area contributed by atoms with Crippen LogP contribution < -0.4 is 16.2 Å². The Morgan fingerprint density at radius 2 is 1.90 bits per heavy atom. The Balaban J connectivity index is 2.07. The molecule has 5 nitrogen and oxygen atoms in total. The second-order valence-corrected chi connectivity index (χ2v) is 4.39. The van der Waals surface area contributed by atoms with Crippen molar-refractivity contribution >= 4 is 5.91 Å². The van der Waals surface area contributed by atoms with Crippen molar-refractivity contribution in [2.24, 2.45) is 11.5 Å². The molecule has 0 atom stereocenters. The number of aromatic nitrogens is 1. The van der Waals surface area contributed by atoms with E-state index in [1.165, 1.54) is 0 Å². The minimum atomic E-state index is -0.416. The molecule has 0 aliphatic carbocycles. The number of pyridine rings is 1. The molecule has 1 heterocycles. The molecule has 0 unspecified atom stereocenters. The summed E-state index contributed by atoms with van der Waals surface area (Å²) in [6.45, 7) is 0.622.